The molecule has 0 aromatic rings. The van der Waals surface area contributed by atoms with E-state index in [-0.39, 0.29) is 10.8 Å². The van der Waals surface area contributed by atoms with E-state index in [1.165, 1.54) is 0 Å². The molecule has 2 atom stereocenters. The van der Waals surface area contributed by atoms with E-state index in [1.54, 1.807) is 0 Å². The Labute approximate surface area is 83.5 Å². The molecular formula is C9H19NO2S. The van der Waals surface area contributed by atoms with Gasteiger partial charge in [-0.1, -0.05) is 0 Å². The molecule has 1 aliphatic heterocycles. The molecule has 0 radical (unpaired) electrons. The predicted molar refractivity (Wildman–Crippen MR) is 54.8 cm³/mol. The van der Waals surface area contributed by atoms with Gasteiger partial charge < -0.3 is 9.29 Å². The van der Waals surface area contributed by atoms with Crippen LogP contribution >= 0.6 is 0 Å². The van der Waals surface area contributed by atoms with Crippen LogP contribution in [0, 0.1) is 5.92 Å². The maximum Gasteiger partial charge on any atom is 0.136 e. The topological polar surface area (TPSA) is 44.3 Å². The zero-order chi connectivity index (χ0) is 10.1. The minimum Gasteiger partial charge on any atom is -0.598 e. The average molecular weight is 205 g/mol. The molecule has 13 heavy (non-hydrogen) atoms. The minimum atomic E-state index is -0.961. The predicted octanol–water partition coefficient (Wildman–Crippen LogP) is 1.07. The molecule has 1 fully saturated rings. The zero-order valence-electron chi connectivity index (χ0n) is 8.79. The molecule has 0 aromatic heterocycles. The van der Waals surface area contributed by atoms with Gasteiger partial charge in [0.2, 0.25) is 0 Å². The Morgan fingerprint density at radius 3 is 2.31 bits per heavy atom. The number of ether oxygens (including phenoxy) is 1. The van der Waals surface area contributed by atoms with Gasteiger partial charge in [-0.15, -0.1) is 4.72 Å². The van der Waals surface area contributed by atoms with Crippen molar-refractivity contribution in [1.29, 1.82) is 0 Å². The molecule has 0 saturated carbocycles. The standard InChI is InChI=1S/C9H19NO2S/c1-7(8-5-12-6-8)10-13(11)9(2,3)4/h7-8,10H,5-6H2,1-4H3/t7-,13?/m1/s1. The largest absolute Gasteiger partial charge is 0.598 e. The molecule has 1 rings (SSSR count). The number of hydrogen-bond acceptors (Lipinski definition) is 3. The van der Waals surface area contributed by atoms with E-state index < -0.39 is 11.4 Å². The van der Waals surface area contributed by atoms with Crippen LogP contribution in [0.1, 0.15) is 27.7 Å². The van der Waals surface area contributed by atoms with Crippen LogP contribution in [0.4, 0.5) is 0 Å². The lowest BCUT2D eigenvalue weighted by atomic mass is 10.0. The third kappa shape index (κ3) is 3.13. The van der Waals surface area contributed by atoms with E-state index in [0.717, 1.165) is 13.2 Å². The van der Waals surface area contributed by atoms with Gasteiger partial charge in [-0.25, -0.2) is 0 Å². The maximum atomic E-state index is 11.7. The molecule has 1 unspecified atom stereocenters. The molecule has 3 nitrogen and oxygen atoms in total. The van der Waals surface area contributed by atoms with Crippen LogP contribution in [0.5, 0.6) is 0 Å². The monoisotopic (exact) mass is 205 g/mol. The van der Waals surface area contributed by atoms with Gasteiger partial charge >= 0.3 is 0 Å². The lowest BCUT2D eigenvalue weighted by molar-refractivity contribution is -0.0433. The summed E-state index contributed by atoms with van der Waals surface area (Å²) in [6.07, 6.45) is 0. The smallest absolute Gasteiger partial charge is 0.136 e. The summed E-state index contributed by atoms with van der Waals surface area (Å²) in [7, 11) is 0. The van der Waals surface area contributed by atoms with Crippen LogP contribution in [0.2, 0.25) is 0 Å². The zero-order valence-corrected chi connectivity index (χ0v) is 9.61. The van der Waals surface area contributed by atoms with Gasteiger partial charge in [0.1, 0.15) is 4.75 Å². The Balaban J connectivity index is 2.30. The summed E-state index contributed by atoms with van der Waals surface area (Å²) < 4.78 is 19.7. The van der Waals surface area contributed by atoms with Crippen molar-refractivity contribution in [3.05, 3.63) is 0 Å². The molecule has 1 N–H and O–H groups in total. The fraction of sp³-hybridized carbons (Fsp3) is 1.00. The Morgan fingerprint density at radius 1 is 1.46 bits per heavy atom. The Morgan fingerprint density at radius 2 is 2.00 bits per heavy atom. The van der Waals surface area contributed by atoms with Crippen LogP contribution in [-0.4, -0.2) is 28.6 Å². The molecule has 0 spiro atoms. The average Bonchev–Trinajstić information content (AvgIpc) is 1.79. The molecule has 1 aliphatic rings. The molecule has 1 heterocycles. The minimum absolute atomic E-state index is 0.182. The van der Waals surface area contributed by atoms with Crippen LogP contribution in [0.25, 0.3) is 0 Å². The van der Waals surface area contributed by atoms with E-state index in [1.807, 2.05) is 20.8 Å². The molecule has 0 aromatic carbocycles. The first-order chi connectivity index (χ1) is 5.91. The summed E-state index contributed by atoms with van der Waals surface area (Å²) in [5, 5.41) is 0. The summed E-state index contributed by atoms with van der Waals surface area (Å²) in [4.78, 5) is 0. The number of rotatable bonds is 3. The first-order valence-electron chi connectivity index (χ1n) is 4.67. The van der Waals surface area contributed by atoms with Gasteiger partial charge in [0, 0.05) is 17.3 Å². The lowest BCUT2D eigenvalue weighted by Gasteiger charge is -2.34. The number of nitrogens with one attached hydrogen (secondary N) is 1. The normalized spacial score (nSPS) is 23.8. The molecule has 0 bridgehead atoms. The van der Waals surface area contributed by atoms with Gasteiger partial charge in [-0.2, -0.15) is 0 Å². The highest BCUT2D eigenvalue weighted by molar-refractivity contribution is 7.90. The summed E-state index contributed by atoms with van der Waals surface area (Å²) in [6.45, 7) is 9.59. The Hall–Kier alpha value is 0.230. The van der Waals surface area contributed by atoms with Gasteiger partial charge in [-0.05, 0) is 27.7 Å². The summed E-state index contributed by atoms with van der Waals surface area (Å²) in [5.74, 6) is 0.534. The summed E-state index contributed by atoms with van der Waals surface area (Å²) in [6, 6.07) is 0.286. The lowest BCUT2D eigenvalue weighted by Crippen LogP contribution is -2.50. The highest BCUT2D eigenvalue weighted by Crippen LogP contribution is 2.19. The van der Waals surface area contributed by atoms with Crippen molar-refractivity contribution in [1.82, 2.24) is 4.72 Å². The van der Waals surface area contributed by atoms with E-state index in [2.05, 4.69) is 11.6 Å². The molecule has 1 saturated heterocycles. The molecule has 4 heteroatoms. The Bertz CT molecular complexity index is 165. The summed E-state index contributed by atoms with van der Waals surface area (Å²) >= 11 is -0.961. The molecular weight excluding hydrogens is 186 g/mol. The summed E-state index contributed by atoms with van der Waals surface area (Å²) in [5.41, 5.74) is 0. The second kappa shape index (κ2) is 4.17. The van der Waals surface area contributed by atoms with E-state index in [0.29, 0.717) is 5.92 Å². The van der Waals surface area contributed by atoms with Crippen LogP contribution < -0.4 is 4.72 Å². The molecule has 0 aliphatic carbocycles. The first-order valence-corrected chi connectivity index (χ1v) is 5.82. The molecule has 78 valence electrons. The second-order valence-electron chi connectivity index (χ2n) is 4.59. The third-order valence-corrected chi connectivity index (χ3v) is 3.92. The van der Waals surface area contributed by atoms with Crippen molar-refractivity contribution in [2.24, 2.45) is 5.92 Å². The van der Waals surface area contributed by atoms with E-state index >= 15 is 0 Å². The van der Waals surface area contributed by atoms with Crippen molar-refractivity contribution in [2.45, 2.75) is 38.5 Å². The SMILES string of the molecule is C[C@@H](N[S+]([O-])C(C)(C)C)C1COC1. The first kappa shape index (κ1) is 11.3. The molecule has 0 amide bonds. The highest BCUT2D eigenvalue weighted by Gasteiger charge is 2.33. The highest BCUT2D eigenvalue weighted by atomic mass is 32.2. The maximum absolute atomic E-state index is 11.7. The van der Waals surface area contributed by atoms with Crippen molar-refractivity contribution >= 4 is 11.4 Å². The van der Waals surface area contributed by atoms with Gasteiger partial charge in [0.05, 0.1) is 19.3 Å². The Kier molecular flexibility index (Phi) is 3.63. The van der Waals surface area contributed by atoms with Crippen molar-refractivity contribution in [3.63, 3.8) is 0 Å². The van der Waals surface area contributed by atoms with Crippen molar-refractivity contribution in [3.8, 4) is 0 Å². The van der Waals surface area contributed by atoms with Gasteiger partial charge in [0.15, 0.2) is 0 Å². The van der Waals surface area contributed by atoms with E-state index in [4.69, 9.17) is 4.74 Å². The third-order valence-electron chi connectivity index (χ3n) is 2.22. The van der Waals surface area contributed by atoms with E-state index in [9.17, 15) is 4.55 Å². The quantitative estimate of drug-likeness (QED) is 0.701. The van der Waals surface area contributed by atoms with Crippen LogP contribution in [-0.2, 0) is 16.1 Å². The van der Waals surface area contributed by atoms with Crippen LogP contribution in [0.15, 0.2) is 0 Å². The van der Waals surface area contributed by atoms with Gasteiger partial charge in [0.25, 0.3) is 0 Å². The van der Waals surface area contributed by atoms with Crippen LogP contribution in [0.3, 0.4) is 0 Å². The number of hydrogen-bond donors (Lipinski definition) is 1. The second-order valence-corrected chi connectivity index (χ2v) is 6.58. The fourth-order valence-corrected chi connectivity index (χ4v) is 1.87. The van der Waals surface area contributed by atoms with Crippen molar-refractivity contribution in [2.75, 3.05) is 13.2 Å². The van der Waals surface area contributed by atoms with Gasteiger partial charge in [-0.3, -0.25) is 0 Å². The fourth-order valence-electron chi connectivity index (χ4n) is 0.984. The van der Waals surface area contributed by atoms with Crippen molar-refractivity contribution < 1.29 is 9.29 Å².